The van der Waals surface area contributed by atoms with Gasteiger partial charge in [0.1, 0.15) is 5.69 Å². The van der Waals surface area contributed by atoms with E-state index in [-0.39, 0.29) is 5.25 Å². The summed E-state index contributed by atoms with van der Waals surface area (Å²) >= 11 is 1.68. The van der Waals surface area contributed by atoms with Gasteiger partial charge >= 0.3 is 6.18 Å². The lowest BCUT2D eigenvalue weighted by atomic mass is 10.1. The molecule has 0 spiro atoms. The van der Waals surface area contributed by atoms with Gasteiger partial charge < -0.3 is 0 Å². The van der Waals surface area contributed by atoms with Crippen LogP contribution in [0.2, 0.25) is 0 Å². The van der Waals surface area contributed by atoms with E-state index >= 15 is 0 Å². The van der Waals surface area contributed by atoms with Gasteiger partial charge in [0.25, 0.3) is 0 Å². The van der Waals surface area contributed by atoms with Gasteiger partial charge in [-0.05, 0) is 30.2 Å². The fourth-order valence-corrected chi connectivity index (χ4v) is 2.66. The van der Waals surface area contributed by atoms with Gasteiger partial charge in [-0.2, -0.15) is 24.9 Å². The van der Waals surface area contributed by atoms with Gasteiger partial charge in [-0.1, -0.05) is 18.9 Å². The van der Waals surface area contributed by atoms with Crippen LogP contribution in [0.5, 0.6) is 0 Å². The van der Waals surface area contributed by atoms with Crippen molar-refractivity contribution in [1.82, 2.24) is 4.98 Å². The molecule has 1 nitrogen and oxygen atoms in total. The van der Waals surface area contributed by atoms with Gasteiger partial charge in [-0.3, -0.25) is 4.98 Å². The largest absolute Gasteiger partial charge is 0.433 e. The van der Waals surface area contributed by atoms with Crippen molar-refractivity contribution in [3.8, 4) is 0 Å². The average molecular weight is 261 g/mol. The lowest BCUT2D eigenvalue weighted by Crippen LogP contribution is -2.08. The minimum atomic E-state index is -4.34. The van der Waals surface area contributed by atoms with Gasteiger partial charge in [-0.25, -0.2) is 0 Å². The summed E-state index contributed by atoms with van der Waals surface area (Å²) < 4.78 is 37.1. The molecule has 0 aromatic carbocycles. The van der Waals surface area contributed by atoms with Crippen molar-refractivity contribution in [2.24, 2.45) is 5.92 Å². The molecule has 0 bridgehead atoms. The van der Waals surface area contributed by atoms with Crippen LogP contribution in [0.4, 0.5) is 13.2 Å². The number of aromatic nitrogens is 1. The van der Waals surface area contributed by atoms with Crippen LogP contribution < -0.4 is 0 Å². The molecule has 94 valence electrons. The fraction of sp³-hybridized carbons (Fsp3) is 0.583. The van der Waals surface area contributed by atoms with Crippen LogP contribution in [-0.4, -0.2) is 11.2 Å². The highest BCUT2D eigenvalue weighted by molar-refractivity contribution is 7.98. The third-order valence-corrected chi connectivity index (χ3v) is 4.01. The van der Waals surface area contributed by atoms with Crippen LogP contribution in [0.15, 0.2) is 18.3 Å². The molecule has 2 rings (SSSR count). The second-order valence-corrected chi connectivity index (χ2v) is 5.42. The molecule has 1 atom stereocenters. The second-order valence-electron chi connectivity index (χ2n) is 4.38. The molecule has 1 fully saturated rings. The predicted octanol–water partition coefficient (Wildman–Crippen LogP) is 4.30. The maximum absolute atomic E-state index is 12.4. The number of hydrogen-bond donors (Lipinski definition) is 0. The van der Waals surface area contributed by atoms with Crippen molar-refractivity contribution in [3.05, 3.63) is 29.6 Å². The molecule has 5 heteroatoms. The number of rotatable bonds is 4. The summed E-state index contributed by atoms with van der Waals surface area (Å²) in [5.74, 6) is 0.759. The van der Waals surface area contributed by atoms with Crippen LogP contribution in [0, 0.1) is 5.92 Å². The molecule has 0 saturated heterocycles. The van der Waals surface area contributed by atoms with Crippen molar-refractivity contribution >= 4 is 11.8 Å². The SMILES string of the molecule is CSC(CC1CC1)c1ccc(C(F)(F)F)nc1. The third kappa shape index (κ3) is 3.37. The molecule has 1 aromatic heterocycles. The van der Waals surface area contributed by atoms with E-state index < -0.39 is 11.9 Å². The highest BCUT2D eigenvalue weighted by atomic mass is 32.2. The quantitative estimate of drug-likeness (QED) is 0.801. The van der Waals surface area contributed by atoms with E-state index in [1.54, 1.807) is 17.8 Å². The normalized spacial score (nSPS) is 18.1. The van der Waals surface area contributed by atoms with Gasteiger partial charge in [0.05, 0.1) is 0 Å². The Labute approximate surface area is 103 Å². The number of hydrogen-bond acceptors (Lipinski definition) is 2. The number of halogens is 3. The van der Waals surface area contributed by atoms with Gasteiger partial charge in [0.15, 0.2) is 0 Å². The molecule has 1 heterocycles. The fourth-order valence-electron chi connectivity index (χ4n) is 1.79. The minimum absolute atomic E-state index is 0.275. The number of thioether (sulfide) groups is 1. The number of alkyl halides is 3. The first-order chi connectivity index (χ1) is 8.00. The monoisotopic (exact) mass is 261 g/mol. The average Bonchev–Trinajstić information content (AvgIpc) is 3.09. The first-order valence-electron chi connectivity index (χ1n) is 5.56. The first kappa shape index (κ1) is 12.7. The molecular weight excluding hydrogens is 247 g/mol. The Morgan fingerprint density at radius 1 is 1.41 bits per heavy atom. The summed E-state index contributed by atoms with van der Waals surface area (Å²) in [6.07, 6.45) is 2.57. The zero-order chi connectivity index (χ0) is 12.5. The Kier molecular flexibility index (Phi) is 3.66. The van der Waals surface area contributed by atoms with Crippen LogP contribution in [-0.2, 0) is 6.18 Å². The Balaban J connectivity index is 2.09. The zero-order valence-corrected chi connectivity index (χ0v) is 10.3. The van der Waals surface area contributed by atoms with E-state index in [9.17, 15) is 13.2 Å². The number of pyridine rings is 1. The lowest BCUT2D eigenvalue weighted by Gasteiger charge is -2.14. The number of nitrogens with zero attached hydrogens (tertiary/aromatic N) is 1. The molecule has 17 heavy (non-hydrogen) atoms. The topological polar surface area (TPSA) is 12.9 Å². The van der Waals surface area contributed by atoms with Crippen LogP contribution >= 0.6 is 11.8 Å². The molecule has 1 aliphatic carbocycles. The van der Waals surface area contributed by atoms with E-state index in [1.807, 2.05) is 6.26 Å². The molecule has 0 N–H and O–H groups in total. The van der Waals surface area contributed by atoms with Crippen molar-refractivity contribution in [3.63, 3.8) is 0 Å². The molecule has 1 aliphatic rings. The Morgan fingerprint density at radius 2 is 2.12 bits per heavy atom. The van der Waals surface area contributed by atoms with E-state index in [0.717, 1.165) is 24.0 Å². The summed E-state index contributed by atoms with van der Waals surface area (Å²) in [7, 11) is 0. The Hall–Kier alpha value is -0.710. The maximum Gasteiger partial charge on any atom is 0.433 e. The summed E-state index contributed by atoms with van der Waals surface area (Å²) in [4.78, 5) is 3.51. The van der Waals surface area contributed by atoms with Crippen LogP contribution in [0.3, 0.4) is 0 Å². The standard InChI is InChI=1S/C12H14F3NS/c1-17-10(6-8-2-3-8)9-4-5-11(16-7-9)12(13,14)15/h4-5,7-8,10H,2-3,6H2,1H3. The lowest BCUT2D eigenvalue weighted by molar-refractivity contribution is -0.141. The van der Waals surface area contributed by atoms with E-state index in [1.165, 1.54) is 19.0 Å². The smallest absolute Gasteiger partial charge is 0.251 e. The Bertz CT molecular complexity index is 370. The summed E-state index contributed by atoms with van der Waals surface area (Å²) in [6, 6.07) is 2.63. The summed E-state index contributed by atoms with van der Waals surface area (Å²) in [5.41, 5.74) is 0.0879. The Morgan fingerprint density at radius 3 is 2.53 bits per heavy atom. The molecule has 1 saturated carbocycles. The first-order valence-corrected chi connectivity index (χ1v) is 6.85. The van der Waals surface area contributed by atoms with E-state index in [2.05, 4.69) is 4.98 Å². The predicted molar refractivity (Wildman–Crippen MR) is 62.8 cm³/mol. The summed E-state index contributed by atoms with van der Waals surface area (Å²) in [5, 5.41) is 0.275. The van der Waals surface area contributed by atoms with Gasteiger partial charge in [0.2, 0.25) is 0 Å². The molecule has 0 amide bonds. The third-order valence-electron chi connectivity index (χ3n) is 2.98. The van der Waals surface area contributed by atoms with Crippen LogP contribution in [0.1, 0.15) is 35.8 Å². The van der Waals surface area contributed by atoms with Crippen LogP contribution in [0.25, 0.3) is 0 Å². The van der Waals surface area contributed by atoms with Crippen molar-refractivity contribution in [1.29, 1.82) is 0 Å². The van der Waals surface area contributed by atoms with E-state index in [4.69, 9.17) is 0 Å². The van der Waals surface area contributed by atoms with Crippen molar-refractivity contribution in [2.75, 3.05) is 6.26 Å². The molecular formula is C12H14F3NS. The van der Waals surface area contributed by atoms with Crippen molar-refractivity contribution < 1.29 is 13.2 Å². The minimum Gasteiger partial charge on any atom is -0.251 e. The second kappa shape index (κ2) is 4.88. The molecule has 0 radical (unpaired) electrons. The molecule has 0 aliphatic heterocycles. The highest BCUT2D eigenvalue weighted by Crippen LogP contribution is 2.42. The summed E-state index contributed by atoms with van der Waals surface area (Å²) in [6.45, 7) is 0. The molecule has 1 unspecified atom stereocenters. The zero-order valence-electron chi connectivity index (χ0n) is 9.50. The van der Waals surface area contributed by atoms with Crippen molar-refractivity contribution in [2.45, 2.75) is 30.7 Å². The maximum atomic E-state index is 12.4. The van der Waals surface area contributed by atoms with E-state index in [0.29, 0.717) is 0 Å². The molecule has 1 aromatic rings. The highest BCUT2D eigenvalue weighted by Gasteiger charge is 2.32. The van der Waals surface area contributed by atoms with Gasteiger partial charge in [0, 0.05) is 11.4 Å². The van der Waals surface area contributed by atoms with Gasteiger partial charge in [-0.15, -0.1) is 0 Å².